The molecule has 0 bridgehead atoms. The van der Waals surface area contributed by atoms with Gasteiger partial charge in [0.1, 0.15) is 12.7 Å². The lowest BCUT2D eigenvalue weighted by atomic mass is 10.2. The molecule has 1 amide bonds. The Morgan fingerprint density at radius 2 is 2.00 bits per heavy atom. The third-order valence-corrected chi connectivity index (χ3v) is 3.94. The zero-order valence-electron chi connectivity index (χ0n) is 14.4. The van der Waals surface area contributed by atoms with Crippen molar-refractivity contribution in [2.45, 2.75) is 6.10 Å². The summed E-state index contributed by atoms with van der Waals surface area (Å²) < 4.78 is 16.2. The van der Waals surface area contributed by atoms with E-state index in [0.29, 0.717) is 23.1 Å². The molecule has 0 aromatic heterocycles. The average Bonchev–Trinajstić information content (AvgIpc) is 2.69. The van der Waals surface area contributed by atoms with Crippen LogP contribution in [0.5, 0.6) is 11.5 Å². The Balaban J connectivity index is 1.38. The van der Waals surface area contributed by atoms with E-state index in [9.17, 15) is 9.59 Å². The van der Waals surface area contributed by atoms with Gasteiger partial charge in [-0.05, 0) is 35.9 Å². The van der Waals surface area contributed by atoms with Crippen molar-refractivity contribution in [1.82, 2.24) is 5.32 Å². The maximum absolute atomic E-state index is 11.8. The van der Waals surface area contributed by atoms with Gasteiger partial charge < -0.3 is 19.5 Å². The molecule has 1 N–H and O–H groups in total. The van der Waals surface area contributed by atoms with Gasteiger partial charge in [0.25, 0.3) is 5.91 Å². The lowest BCUT2D eigenvalue weighted by molar-refractivity contribution is -0.143. The predicted octanol–water partition coefficient (Wildman–Crippen LogP) is 2.85. The summed E-state index contributed by atoms with van der Waals surface area (Å²) >= 11 is 5.87. The number of ether oxygens (including phenoxy) is 3. The number of rotatable bonds is 6. The molecule has 7 heteroatoms. The molecule has 140 valence electrons. The summed E-state index contributed by atoms with van der Waals surface area (Å²) in [5.74, 6) is 0.291. The van der Waals surface area contributed by atoms with E-state index in [0.717, 1.165) is 5.56 Å². The average molecular weight is 388 g/mol. The maximum Gasteiger partial charge on any atom is 0.331 e. The summed E-state index contributed by atoms with van der Waals surface area (Å²) in [7, 11) is 0. The number of benzene rings is 2. The highest BCUT2D eigenvalue weighted by Crippen LogP contribution is 2.30. The highest BCUT2D eigenvalue weighted by molar-refractivity contribution is 6.30. The smallest absolute Gasteiger partial charge is 0.331 e. The van der Waals surface area contributed by atoms with Gasteiger partial charge in [0.15, 0.2) is 18.1 Å². The first-order valence-corrected chi connectivity index (χ1v) is 8.73. The van der Waals surface area contributed by atoms with Crippen LogP contribution in [0.2, 0.25) is 5.02 Å². The predicted molar refractivity (Wildman–Crippen MR) is 101 cm³/mol. The minimum Gasteiger partial charge on any atom is -0.486 e. The van der Waals surface area contributed by atoms with Gasteiger partial charge in [-0.1, -0.05) is 35.9 Å². The highest BCUT2D eigenvalue weighted by atomic mass is 35.5. The van der Waals surface area contributed by atoms with Crippen LogP contribution in [0.15, 0.2) is 54.6 Å². The number of amides is 1. The first-order chi connectivity index (χ1) is 13.1. The number of esters is 1. The van der Waals surface area contributed by atoms with Crippen LogP contribution in [0.4, 0.5) is 0 Å². The second-order valence-corrected chi connectivity index (χ2v) is 6.23. The summed E-state index contributed by atoms with van der Waals surface area (Å²) in [4.78, 5) is 23.5. The van der Waals surface area contributed by atoms with Crippen LogP contribution in [0, 0.1) is 0 Å². The molecule has 0 fully saturated rings. The van der Waals surface area contributed by atoms with E-state index >= 15 is 0 Å². The van der Waals surface area contributed by atoms with Gasteiger partial charge in [-0.3, -0.25) is 4.79 Å². The molecule has 0 unspecified atom stereocenters. The van der Waals surface area contributed by atoms with E-state index in [1.165, 1.54) is 6.08 Å². The Hall–Kier alpha value is -2.99. The fourth-order valence-corrected chi connectivity index (χ4v) is 2.60. The number of carbonyl (C=O) groups excluding carboxylic acids is 2. The first-order valence-electron chi connectivity index (χ1n) is 8.36. The van der Waals surface area contributed by atoms with E-state index < -0.39 is 11.9 Å². The fourth-order valence-electron chi connectivity index (χ4n) is 2.40. The van der Waals surface area contributed by atoms with E-state index in [2.05, 4.69) is 5.32 Å². The third-order valence-electron chi connectivity index (χ3n) is 3.70. The minimum atomic E-state index is -0.615. The Morgan fingerprint density at radius 1 is 1.19 bits per heavy atom. The van der Waals surface area contributed by atoms with Gasteiger partial charge in [-0.2, -0.15) is 0 Å². The number of para-hydroxylation sites is 2. The van der Waals surface area contributed by atoms with Crippen LogP contribution in [0.25, 0.3) is 6.08 Å². The molecular formula is C20H18ClNO5. The molecule has 0 aliphatic carbocycles. The molecular weight excluding hydrogens is 370 g/mol. The van der Waals surface area contributed by atoms with Crippen molar-refractivity contribution in [2.24, 2.45) is 0 Å². The quantitative estimate of drug-likeness (QED) is 0.609. The summed E-state index contributed by atoms with van der Waals surface area (Å²) in [5, 5.41) is 3.23. The molecule has 6 nitrogen and oxygen atoms in total. The molecule has 2 aromatic rings. The van der Waals surface area contributed by atoms with Crippen LogP contribution >= 0.6 is 11.6 Å². The molecule has 1 aliphatic rings. The number of hydrogen-bond donors (Lipinski definition) is 1. The van der Waals surface area contributed by atoms with E-state index in [-0.39, 0.29) is 19.3 Å². The molecule has 1 atom stereocenters. The zero-order valence-corrected chi connectivity index (χ0v) is 15.1. The van der Waals surface area contributed by atoms with E-state index in [1.807, 2.05) is 18.2 Å². The van der Waals surface area contributed by atoms with Gasteiger partial charge in [-0.25, -0.2) is 4.79 Å². The molecule has 2 aromatic carbocycles. The molecule has 0 saturated carbocycles. The van der Waals surface area contributed by atoms with Crippen molar-refractivity contribution in [3.63, 3.8) is 0 Å². The molecule has 3 rings (SSSR count). The third kappa shape index (κ3) is 5.76. The second-order valence-electron chi connectivity index (χ2n) is 5.80. The van der Waals surface area contributed by atoms with Gasteiger partial charge in [0.05, 0.1) is 6.54 Å². The number of hydrogen-bond acceptors (Lipinski definition) is 5. The first kappa shape index (κ1) is 18.8. The Labute approximate surface area is 161 Å². The van der Waals surface area contributed by atoms with Gasteiger partial charge >= 0.3 is 5.97 Å². The SMILES string of the molecule is O=C(COC(=O)/C=C/c1cccc(Cl)c1)NC[C@@H]1COc2ccccc2O1. The largest absolute Gasteiger partial charge is 0.486 e. The van der Waals surface area contributed by atoms with Crippen molar-refractivity contribution in [2.75, 3.05) is 19.8 Å². The molecule has 0 saturated heterocycles. The van der Waals surface area contributed by atoms with Crippen molar-refractivity contribution in [3.8, 4) is 11.5 Å². The molecule has 1 heterocycles. The summed E-state index contributed by atoms with van der Waals surface area (Å²) in [6.45, 7) is 0.214. The Morgan fingerprint density at radius 3 is 2.81 bits per heavy atom. The summed E-state index contributed by atoms with van der Waals surface area (Å²) in [5.41, 5.74) is 0.763. The number of nitrogens with one attached hydrogen (secondary N) is 1. The summed E-state index contributed by atoms with van der Waals surface area (Å²) in [6, 6.07) is 14.4. The lowest BCUT2D eigenvalue weighted by Gasteiger charge is -2.26. The van der Waals surface area contributed by atoms with Crippen LogP contribution in [0.3, 0.4) is 0 Å². The fraction of sp³-hybridized carbons (Fsp3) is 0.200. The van der Waals surface area contributed by atoms with Crippen molar-refractivity contribution in [3.05, 3.63) is 65.2 Å². The number of halogens is 1. The molecule has 0 spiro atoms. The van der Waals surface area contributed by atoms with Crippen molar-refractivity contribution in [1.29, 1.82) is 0 Å². The van der Waals surface area contributed by atoms with Crippen molar-refractivity contribution >= 4 is 29.6 Å². The molecule has 0 radical (unpaired) electrons. The van der Waals surface area contributed by atoms with Gasteiger partial charge in [0.2, 0.25) is 0 Å². The topological polar surface area (TPSA) is 73.9 Å². The number of carbonyl (C=O) groups is 2. The Kier molecular flexibility index (Phi) is 6.33. The maximum atomic E-state index is 11.8. The lowest BCUT2D eigenvalue weighted by Crippen LogP contribution is -2.42. The van der Waals surface area contributed by atoms with Gasteiger partial charge in [-0.15, -0.1) is 0 Å². The monoisotopic (exact) mass is 387 g/mol. The Bertz CT molecular complexity index is 852. The number of fused-ring (bicyclic) bond motifs is 1. The van der Waals surface area contributed by atoms with Crippen LogP contribution in [-0.4, -0.2) is 37.7 Å². The second kappa shape index (κ2) is 9.09. The van der Waals surface area contributed by atoms with Crippen molar-refractivity contribution < 1.29 is 23.8 Å². The summed E-state index contributed by atoms with van der Waals surface area (Å²) in [6.07, 6.45) is 2.51. The minimum absolute atomic E-state index is 0.253. The normalized spacial score (nSPS) is 15.4. The zero-order chi connectivity index (χ0) is 19.1. The highest BCUT2D eigenvalue weighted by Gasteiger charge is 2.21. The van der Waals surface area contributed by atoms with Crippen LogP contribution < -0.4 is 14.8 Å². The van der Waals surface area contributed by atoms with Gasteiger partial charge in [0, 0.05) is 11.1 Å². The standard InChI is InChI=1S/C20H18ClNO5/c21-15-5-3-4-14(10-15)8-9-20(24)26-13-19(23)22-11-16-12-25-17-6-1-2-7-18(17)27-16/h1-10,16H,11-13H2,(H,22,23)/b9-8+/t16-/m1/s1. The van der Waals surface area contributed by atoms with E-state index in [1.54, 1.807) is 36.4 Å². The van der Waals surface area contributed by atoms with Crippen LogP contribution in [-0.2, 0) is 14.3 Å². The molecule has 27 heavy (non-hydrogen) atoms. The van der Waals surface area contributed by atoms with E-state index in [4.69, 9.17) is 25.8 Å². The molecule has 1 aliphatic heterocycles. The van der Waals surface area contributed by atoms with Crippen LogP contribution in [0.1, 0.15) is 5.56 Å².